The zero-order valence-electron chi connectivity index (χ0n) is 18.3. The van der Waals surface area contributed by atoms with Crippen molar-refractivity contribution < 1.29 is 14.0 Å². The number of hydrogen-bond acceptors (Lipinski definition) is 3. The first-order valence-corrected chi connectivity index (χ1v) is 12.1. The zero-order valence-corrected chi connectivity index (χ0v) is 19.9. The Morgan fingerprint density at radius 3 is 2.44 bits per heavy atom. The molecule has 2 amide bonds. The molecule has 32 heavy (non-hydrogen) atoms. The van der Waals surface area contributed by atoms with Crippen LogP contribution in [0.2, 0.25) is 0 Å². The van der Waals surface area contributed by atoms with Crippen LogP contribution >= 0.6 is 15.9 Å². The van der Waals surface area contributed by atoms with Crippen molar-refractivity contribution >= 4 is 33.4 Å². The third-order valence-electron chi connectivity index (χ3n) is 6.62. The highest BCUT2D eigenvalue weighted by Crippen LogP contribution is 2.32. The van der Waals surface area contributed by atoms with E-state index in [0.717, 1.165) is 30.2 Å². The van der Waals surface area contributed by atoms with Gasteiger partial charge in [0.25, 0.3) is 5.91 Å². The molecular weight excluding hydrogens is 473 g/mol. The van der Waals surface area contributed by atoms with Gasteiger partial charge in [-0.2, -0.15) is 0 Å². The Balaban J connectivity index is 1.44. The zero-order chi connectivity index (χ0) is 22.7. The van der Waals surface area contributed by atoms with Crippen LogP contribution in [0.3, 0.4) is 0 Å². The first-order chi connectivity index (χ1) is 15.4. The van der Waals surface area contributed by atoms with Gasteiger partial charge < -0.3 is 10.2 Å². The van der Waals surface area contributed by atoms with E-state index < -0.39 is 0 Å². The maximum atomic E-state index is 14.0. The highest BCUT2D eigenvalue weighted by Gasteiger charge is 2.37. The first kappa shape index (κ1) is 22.9. The van der Waals surface area contributed by atoms with Crippen molar-refractivity contribution in [1.82, 2.24) is 9.80 Å². The average molecular weight is 502 g/mol. The molecule has 2 fully saturated rings. The minimum atomic E-state index is -0.320. The van der Waals surface area contributed by atoms with Gasteiger partial charge in [-0.15, -0.1) is 0 Å². The molecule has 5 nitrogen and oxygen atoms in total. The van der Waals surface area contributed by atoms with Crippen LogP contribution in [0.5, 0.6) is 0 Å². The molecule has 2 aromatic carbocycles. The molecule has 7 heteroatoms. The van der Waals surface area contributed by atoms with Gasteiger partial charge in [0.15, 0.2) is 0 Å². The van der Waals surface area contributed by atoms with Gasteiger partial charge in [0.05, 0.1) is 6.04 Å². The van der Waals surface area contributed by atoms with E-state index in [2.05, 4.69) is 26.1 Å². The van der Waals surface area contributed by atoms with Gasteiger partial charge in [0, 0.05) is 41.9 Å². The Morgan fingerprint density at radius 1 is 1.06 bits per heavy atom. The van der Waals surface area contributed by atoms with E-state index in [-0.39, 0.29) is 29.6 Å². The van der Waals surface area contributed by atoms with Crippen molar-refractivity contribution in [2.45, 2.75) is 38.6 Å². The topological polar surface area (TPSA) is 52.7 Å². The number of nitrogens with one attached hydrogen (secondary N) is 1. The van der Waals surface area contributed by atoms with Crippen LogP contribution in [0.4, 0.5) is 10.1 Å². The fourth-order valence-corrected chi connectivity index (χ4v) is 5.24. The van der Waals surface area contributed by atoms with Crippen molar-refractivity contribution in [3.8, 4) is 0 Å². The third-order valence-corrected chi connectivity index (χ3v) is 7.11. The number of anilines is 1. The summed E-state index contributed by atoms with van der Waals surface area (Å²) in [6.07, 6.45) is 4.32. The van der Waals surface area contributed by atoms with E-state index in [1.165, 1.54) is 6.07 Å². The average Bonchev–Trinajstić information content (AvgIpc) is 3.31. The molecule has 1 saturated carbocycles. The fraction of sp³-hybridized carbons (Fsp3) is 0.440. The van der Waals surface area contributed by atoms with E-state index in [9.17, 15) is 14.0 Å². The number of carbonyl (C=O) groups is 2. The summed E-state index contributed by atoms with van der Waals surface area (Å²) in [6, 6.07) is 12.0. The van der Waals surface area contributed by atoms with Crippen LogP contribution in [0.15, 0.2) is 46.9 Å². The van der Waals surface area contributed by atoms with Crippen LogP contribution in [-0.2, 0) is 4.79 Å². The number of piperazine rings is 1. The summed E-state index contributed by atoms with van der Waals surface area (Å²) in [5, 5.41) is 2.94. The lowest BCUT2D eigenvalue weighted by molar-refractivity contribution is -0.123. The summed E-state index contributed by atoms with van der Waals surface area (Å²) in [4.78, 5) is 30.3. The van der Waals surface area contributed by atoms with Gasteiger partial charge in [0.1, 0.15) is 5.82 Å². The molecule has 1 heterocycles. The molecule has 170 valence electrons. The molecule has 1 aliphatic carbocycles. The highest BCUT2D eigenvalue weighted by molar-refractivity contribution is 9.10. The molecule has 4 rings (SSSR count). The number of carbonyl (C=O) groups excluding carboxylic acids is 2. The molecule has 0 radical (unpaired) electrons. The number of nitrogens with zero attached hydrogens (tertiary/aromatic N) is 2. The smallest absolute Gasteiger partial charge is 0.253 e. The lowest BCUT2D eigenvalue weighted by Crippen LogP contribution is -2.56. The van der Waals surface area contributed by atoms with Crippen LogP contribution in [0, 0.1) is 18.7 Å². The Bertz CT molecular complexity index is 985. The highest BCUT2D eigenvalue weighted by atomic mass is 79.9. The maximum Gasteiger partial charge on any atom is 0.253 e. The number of hydrogen-bond donors (Lipinski definition) is 1. The van der Waals surface area contributed by atoms with Crippen LogP contribution in [0.25, 0.3) is 0 Å². The Kier molecular flexibility index (Phi) is 7.26. The van der Waals surface area contributed by atoms with Crippen molar-refractivity contribution in [3.63, 3.8) is 0 Å². The van der Waals surface area contributed by atoms with E-state index in [1.807, 2.05) is 29.2 Å². The molecule has 1 atom stereocenters. The van der Waals surface area contributed by atoms with Gasteiger partial charge in [0.2, 0.25) is 5.91 Å². The normalized spacial score (nSPS) is 18.5. The minimum Gasteiger partial charge on any atom is -0.336 e. The molecule has 1 N–H and O–H groups in total. The Hall–Kier alpha value is -2.25. The minimum absolute atomic E-state index is 0.0166. The van der Waals surface area contributed by atoms with Crippen molar-refractivity contribution in [3.05, 3.63) is 63.9 Å². The summed E-state index contributed by atoms with van der Waals surface area (Å²) >= 11 is 3.43. The molecule has 0 spiro atoms. The predicted molar refractivity (Wildman–Crippen MR) is 127 cm³/mol. The van der Waals surface area contributed by atoms with Crippen molar-refractivity contribution in [2.75, 3.05) is 31.5 Å². The number of amides is 2. The van der Waals surface area contributed by atoms with Gasteiger partial charge >= 0.3 is 0 Å². The lowest BCUT2D eigenvalue weighted by atomic mass is 9.94. The van der Waals surface area contributed by atoms with Crippen LogP contribution in [0.1, 0.15) is 41.6 Å². The molecule has 2 aromatic rings. The second-order valence-electron chi connectivity index (χ2n) is 8.78. The van der Waals surface area contributed by atoms with Gasteiger partial charge in [-0.1, -0.05) is 40.9 Å². The molecule has 0 unspecified atom stereocenters. The molecule has 2 aliphatic rings. The number of halogens is 2. The summed E-state index contributed by atoms with van der Waals surface area (Å²) in [5.74, 6) is -0.0904. The van der Waals surface area contributed by atoms with E-state index in [4.69, 9.17) is 0 Å². The van der Waals surface area contributed by atoms with Crippen molar-refractivity contribution in [1.29, 1.82) is 0 Å². The van der Waals surface area contributed by atoms with Gasteiger partial charge in [-0.05, 0) is 61.6 Å². The standard InChI is InChI=1S/C25H29BrFN3O2/c1-17-9-10-21(16-22(17)27)28-24(31)23(18-5-2-3-6-18)29-11-13-30(14-12-29)25(32)19-7-4-8-20(26)15-19/h4,7-10,15-16,18,23H,2-3,5-6,11-14H2,1H3,(H,28,31)/t23-/m0/s1. The van der Waals surface area contributed by atoms with E-state index in [0.29, 0.717) is 43.0 Å². The fourth-order valence-electron chi connectivity index (χ4n) is 4.85. The third kappa shape index (κ3) is 5.21. The number of rotatable bonds is 5. The van der Waals surface area contributed by atoms with Crippen LogP contribution < -0.4 is 5.32 Å². The molecular formula is C25H29BrFN3O2. The second-order valence-corrected chi connectivity index (χ2v) is 9.70. The monoisotopic (exact) mass is 501 g/mol. The number of benzene rings is 2. The van der Waals surface area contributed by atoms with Crippen LogP contribution in [-0.4, -0.2) is 53.8 Å². The lowest BCUT2D eigenvalue weighted by Gasteiger charge is -2.40. The maximum absolute atomic E-state index is 14.0. The predicted octanol–water partition coefficient (Wildman–Crippen LogP) is 4.85. The molecule has 0 aromatic heterocycles. The summed E-state index contributed by atoms with van der Waals surface area (Å²) in [5.41, 5.74) is 1.71. The summed E-state index contributed by atoms with van der Waals surface area (Å²) in [6.45, 7) is 4.17. The molecule has 0 bridgehead atoms. The van der Waals surface area contributed by atoms with Gasteiger partial charge in [-0.25, -0.2) is 4.39 Å². The second kappa shape index (κ2) is 10.1. The Labute approximate surface area is 197 Å². The summed E-state index contributed by atoms with van der Waals surface area (Å²) in [7, 11) is 0. The molecule has 1 aliphatic heterocycles. The van der Waals surface area contributed by atoms with Crippen molar-refractivity contribution in [2.24, 2.45) is 5.92 Å². The van der Waals surface area contributed by atoms with E-state index >= 15 is 0 Å². The SMILES string of the molecule is Cc1ccc(NC(=O)[C@H](C2CCCC2)N2CCN(C(=O)c3cccc(Br)c3)CC2)cc1F. The quantitative estimate of drug-likeness (QED) is 0.636. The summed E-state index contributed by atoms with van der Waals surface area (Å²) < 4.78 is 14.8. The first-order valence-electron chi connectivity index (χ1n) is 11.3. The molecule has 1 saturated heterocycles. The number of aryl methyl sites for hydroxylation is 1. The Morgan fingerprint density at radius 2 is 1.78 bits per heavy atom. The van der Waals surface area contributed by atoms with E-state index in [1.54, 1.807) is 19.1 Å². The van der Waals surface area contributed by atoms with Gasteiger partial charge in [-0.3, -0.25) is 14.5 Å². The largest absolute Gasteiger partial charge is 0.336 e.